The molecule has 22 heavy (non-hydrogen) atoms. The van der Waals surface area contributed by atoms with Gasteiger partial charge in [0.2, 0.25) is 0 Å². The molecule has 1 aromatic carbocycles. The third-order valence-electron chi connectivity index (χ3n) is 4.15. The average molecular weight is 308 g/mol. The lowest BCUT2D eigenvalue weighted by Gasteiger charge is -2.32. The van der Waals surface area contributed by atoms with Gasteiger partial charge in [-0.3, -0.25) is 0 Å². The molecule has 120 valence electrons. The van der Waals surface area contributed by atoms with Crippen LogP contribution in [0.5, 0.6) is 0 Å². The van der Waals surface area contributed by atoms with Crippen LogP contribution in [0.2, 0.25) is 0 Å². The van der Waals surface area contributed by atoms with E-state index in [1.165, 1.54) is 6.07 Å². The summed E-state index contributed by atoms with van der Waals surface area (Å²) in [6.45, 7) is 2.14. The zero-order valence-corrected chi connectivity index (χ0v) is 12.6. The first kappa shape index (κ1) is 15.2. The standard InChI is InChI=1S/C16H21FN2O3/c1-21-10-13-9-19(5-6-22-13)16(20)18-15-8-14(15)11-3-2-4-12(17)7-11/h2-4,7,13-15H,5-6,8-10H2,1H3,(H,18,20)/t13-,14-,15-/m0/s1. The van der Waals surface area contributed by atoms with Gasteiger partial charge < -0.3 is 19.7 Å². The van der Waals surface area contributed by atoms with E-state index in [4.69, 9.17) is 9.47 Å². The summed E-state index contributed by atoms with van der Waals surface area (Å²) in [7, 11) is 1.62. The Morgan fingerprint density at radius 3 is 3.18 bits per heavy atom. The van der Waals surface area contributed by atoms with Crippen molar-refractivity contribution in [1.82, 2.24) is 10.2 Å². The van der Waals surface area contributed by atoms with Crippen molar-refractivity contribution in [3.05, 3.63) is 35.6 Å². The van der Waals surface area contributed by atoms with Gasteiger partial charge in [-0.1, -0.05) is 12.1 Å². The molecule has 3 atom stereocenters. The number of halogens is 1. The molecule has 3 rings (SSSR count). The topological polar surface area (TPSA) is 50.8 Å². The third kappa shape index (κ3) is 3.56. The van der Waals surface area contributed by atoms with E-state index < -0.39 is 0 Å². The van der Waals surface area contributed by atoms with Crippen molar-refractivity contribution in [2.75, 3.05) is 33.4 Å². The fourth-order valence-electron chi connectivity index (χ4n) is 2.90. The average Bonchev–Trinajstić information content (AvgIpc) is 3.27. The molecule has 0 spiro atoms. The molecule has 1 heterocycles. The molecular weight excluding hydrogens is 287 g/mol. The summed E-state index contributed by atoms with van der Waals surface area (Å²) in [5, 5.41) is 3.02. The van der Waals surface area contributed by atoms with Gasteiger partial charge in [-0.15, -0.1) is 0 Å². The van der Waals surface area contributed by atoms with E-state index in [-0.39, 0.29) is 29.9 Å². The van der Waals surface area contributed by atoms with Gasteiger partial charge in [0.15, 0.2) is 0 Å². The van der Waals surface area contributed by atoms with Gasteiger partial charge in [-0.2, -0.15) is 0 Å². The van der Waals surface area contributed by atoms with Gasteiger partial charge in [0, 0.05) is 25.6 Å². The number of nitrogens with zero attached hydrogens (tertiary/aromatic N) is 1. The van der Waals surface area contributed by atoms with Crippen molar-refractivity contribution in [3.8, 4) is 0 Å². The maximum Gasteiger partial charge on any atom is 0.317 e. The van der Waals surface area contributed by atoms with Crippen molar-refractivity contribution in [3.63, 3.8) is 0 Å². The maximum atomic E-state index is 13.2. The minimum absolute atomic E-state index is 0.0669. The molecule has 1 aromatic rings. The second-order valence-corrected chi connectivity index (χ2v) is 5.85. The van der Waals surface area contributed by atoms with Gasteiger partial charge in [0.05, 0.1) is 25.9 Å². The van der Waals surface area contributed by atoms with E-state index in [0.29, 0.717) is 26.3 Å². The summed E-state index contributed by atoms with van der Waals surface area (Å²) < 4.78 is 23.8. The van der Waals surface area contributed by atoms with E-state index >= 15 is 0 Å². The van der Waals surface area contributed by atoms with Crippen molar-refractivity contribution < 1.29 is 18.7 Å². The van der Waals surface area contributed by atoms with Crippen LogP contribution in [0.25, 0.3) is 0 Å². The first-order valence-electron chi connectivity index (χ1n) is 7.59. The number of hydrogen-bond donors (Lipinski definition) is 1. The Morgan fingerprint density at radius 2 is 2.41 bits per heavy atom. The van der Waals surface area contributed by atoms with Crippen LogP contribution in [0.15, 0.2) is 24.3 Å². The number of urea groups is 1. The number of hydrogen-bond acceptors (Lipinski definition) is 3. The summed E-state index contributed by atoms with van der Waals surface area (Å²) in [6.07, 6.45) is 0.795. The minimum Gasteiger partial charge on any atom is -0.382 e. The minimum atomic E-state index is -0.231. The van der Waals surface area contributed by atoms with Gasteiger partial charge in [-0.05, 0) is 24.1 Å². The highest BCUT2D eigenvalue weighted by atomic mass is 19.1. The number of carbonyl (C=O) groups excluding carboxylic acids is 1. The van der Waals surface area contributed by atoms with E-state index in [0.717, 1.165) is 12.0 Å². The molecule has 0 bridgehead atoms. The molecule has 1 aliphatic heterocycles. The van der Waals surface area contributed by atoms with E-state index in [1.807, 2.05) is 6.07 Å². The molecule has 5 nitrogen and oxygen atoms in total. The summed E-state index contributed by atoms with van der Waals surface area (Å²) in [4.78, 5) is 14.0. The normalized spacial score (nSPS) is 27.5. The zero-order valence-electron chi connectivity index (χ0n) is 12.6. The Bertz CT molecular complexity index is 538. The van der Waals surface area contributed by atoms with Crippen LogP contribution in [-0.4, -0.2) is 56.5 Å². The van der Waals surface area contributed by atoms with E-state index in [1.54, 1.807) is 24.1 Å². The van der Waals surface area contributed by atoms with Crippen LogP contribution in [0.1, 0.15) is 17.9 Å². The quantitative estimate of drug-likeness (QED) is 0.922. The first-order chi connectivity index (χ1) is 10.7. The van der Waals surface area contributed by atoms with Crippen LogP contribution in [-0.2, 0) is 9.47 Å². The number of morpholine rings is 1. The van der Waals surface area contributed by atoms with Gasteiger partial charge in [0.25, 0.3) is 0 Å². The van der Waals surface area contributed by atoms with E-state index in [9.17, 15) is 9.18 Å². The predicted molar refractivity (Wildman–Crippen MR) is 79.3 cm³/mol. The number of amides is 2. The summed E-state index contributed by atoms with van der Waals surface area (Å²) >= 11 is 0. The lowest BCUT2D eigenvalue weighted by atomic mass is 10.1. The Kier molecular flexibility index (Phi) is 4.59. The molecule has 0 unspecified atom stereocenters. The summed E-state index contributed by atoms with van der Waals surface area (Å²) in [5.74, 6) is -0.0134. The van der Waals surface area contributed by atoms with Crippen molar-refractivity contribution in [2.45, 2.75) is 24.5 Å². The Labute approximate surface area is 129 Å². The molecule has 2 aliphatic rings. The molecule has 1 aliphatic carbocycles. The molecule has 0 aromatic heterocycles. The van der Waals surface area contributed by atoms with Crippen molar-refractivity contribution in [1.29, 1.82) is 0 Å². The fourth-order valence-corrected chi connectivity index (χ4v) is 2.90. The molecule has 6 heteroatoms. The highest BCUT2D eigenvalue weighted by molar-refractivity contribution is 5.75. The van der Waals surface area contributed by atoms with Crippen molar-refractivity contribution in [2.24, 2.45) is 0 Å². The second kappa shape index (κ2) is 6.62. The van der Waals surface area contributed by atoms with Crippen LogP contribution in [0, 0.1) is 5.82 Å². The first-order valence-corrected chi connectivity index (χ1v) is 7.59. The molecule has 1 saturated carbocycles. The molecule has 2 fully saturated rings. The van der Waals surface area contributed by atoms with Crippen LogP contribution in [0.3, 0.4) is 0 Å². The Balaban J connectivity index is 1.51. The predicted octanol–water partition coefficient (Wildman–Crippen LogP) is 1.74. The fraction of sp³-hybridized carbons (Fsp3) is 0.562. The van der Waals surface area contributed by atoms with Crippen molar-refractivity contribution >= 4 is 6.03 Å². The number of methoxy groups -OCH3 is 1. The molecule has 0 radical (unpaired) electrons. The SMILES string of the molecule is COC[C@@H]1CN(C(=O)N[C@H]2C[C@H]2c2cccc(F)c2)CCO1. The summed E-state index contributed by atoms with van der Waals surface area (Å²) in [6, 6.07) is 6.61. The highest BCUT2D eigenvalue weighted by Gasteiger charge is 2.40. The number of carbonyl (C=O) groups is 1. The van der Waals surface area contributed by atoms with Gasteiger partial charge in [-0.25, -0.2) is 9.18 Å². The lowest BCUT2D eigenvalue weighted by Crippen LogP contribution is -2.51. The number of benzene rings is 1. The molecule has 1 N–H and O–H groups in total. The van der Waals surface area contributed by atoms with Gasteiger partial charge >= 0.3 is 6.03 Å². The maximum absolute atomic E-state index is 13.2. The molecular formula is C16H21FN2O3. The summed E-state index contributed by atoms with van der Waals surface area (Å²) in [5.41, 5.74) is 0.949. The van der Waals surface area contributed by atoms with Crippen LogP contribution < -0.4 is 5.32 Å². The monoisotopic (exact) mass is 308 g/mol. The van der Waals surface area contributed by atoms with Gasteiger partial charge in [0.1, 0.15) is 5.82 Å². The number of rotatable bonds is 4. The van der Waals surface area contributed by atoms with Crippen LogP contribution >= 0.6 is 0 Å². The largest absolute Gasteiger partial charge is 0.382 e. The Hall–Kier alpha value is -1.66. The smallest absolute Gasteiger partial charge is 0.317 e. The molecule has 1 saturated heterocycles. The number of ether oxygens (including phenoxy) is 2. The van der Waals surface area contributed by atoms with E-state index in [2.05, 4.69) is 5.32 Å². The number of nitrogens with one attached hydrogen (secondary N) is 1. The second-order valence-electron chi connectivity index (χ2n) is 5.85. The highest BCUT2D eigenvalue weighted by Crippen LogP contribution is 2.41. The zero-order chi connectivity index (χ0) is 15.5. The van der Waals surface area contributed by atoms with Crippen LogP contribution in [0.4, 0.5) is 9.18 Å². The third-order valence-corrected chi connectivity index (χ3v) is 4.15. The molecule has 2 amide bonds. The lowest BCUT2D eigenvalue weighted by molar-refractivity contribution is -0.0494. The Morgan fingerprint density at radius 1 is 1.55 bits per heavy atom.